The number of hydrogen-bond acceptors (Lipinski definition) is 3. The van der Waals surface area contributed by atoms with Crippen LogP contribution in [0.2, 0.25) is 5.02 Å². The smallest absolute Gasteiger partial charge is 0.123 e. The summed E-state index contributed by atoms with van der Waals surface area (Å²) in [5, 5.41) is 0.790. The van der Waals surface area contributed by atoms with Gasteiger partial charge in [-0.3, -0.25) is 4.90 Å². The van der Waals surface area contributed by atoms with Crippen molar-refractivity contribution >= 4 is 17.3 Å². The summed E-state index contributed by atoms with van der Waals surface area (Å²) < 4.78 is 5.44. The number of piperazine rings is 1. The Kier molecular flexibility index (Phi) is 4.86. The first-order valence-corrected chi connectivity index (χ1v) is 7.99. The molecule has 0 amide bonds. The molecule has 22 heavy (non-hydrogen) atoms. The van der Waals surface area contributed by atoms with Crippen LogP contribution < -0.4 is 9.64 Å². The SMILES string of the molecule is COc1ccccc1CN1CCN(c2ccc(Cl)cc2)CC1. The number of rotatable bonds is 4. The standard InChI is InChI=1S/C18H21ClN2O/c1-22-18-5-3-2-4-15(18)14-20-10-12-21(13-11-20)17-8-6-16(19)7-9-17/h2-9H,10-14H2,1H3. The van der Waals surface area contributed by atoms with Crippen LogP contribution in [-0.2, 0) is 6.54 Å². The largest absolute Gasteiger partial charge is 0.496 e. The van der Waals surface area contributed by atoms with E-state index in [0.717, 1.165) is 43.5 Å². The predicted molar refractivity (Wildman–Crippen MR) is 91.9 cm³/mol. The molecule has 0 aromatic heterocycles. The number of anilines is 1. The van der Waals surface area contributed by atoms with Crippen molar-refractivity contribution in [2.75, 3.05) is 38.2 Å². The molecule has 3 nitrogen and oxygen atoms in total. The lowest BCUT2D eigenvalue weighted by Crippen LogP contribution is -2.46. The fraction of sp³-hybridized carbons (Fsp3) is 0.333. The summed E-state index contributed by atoms with van der Waals surface area (Å²) >= 11 is 5.95. The lowest BCUT2D eigenvalue weighted by Gasteiger charge is -2.36. The maximum atomic E-state index is 5.95. The summed E-state index contributed by atoms with van der Waals surface area (Å²) in [7, 11) is 1.73. The summed E-state index contributed by atoms with van der Waals surface area (Å²) in [5.74, 6) is 0.975. The zero-order chi connectivity index (χ0) is 15.4. The van der Waals surface area contributed by atoms with E-state index in [9.17, 15) is 0 Å². The molecule has 2 aromatic carbocycles. The van der Waals surface area contributed by atoms with Gasteiger partial charge >= 0.3 is 0 Å². The molecule has 0 spiro atoms. The van der Waals surface area contributed by atoms with E-state index < -0.39 is 0 Å². The minimum Gasteiger partial charge on any atom is -0.496 e. The Morgan fingerprint density at radius 1 is 0.955 bits per heavy atom. The maximum absolute atomic E-state index is 5.95. The van der Waals surface area contributed by atoms with Gasteiger partial charge in [-0.05, 0) is 30.3 Å². The summed E-state index contributed by atoms with van der Waals surface area (Å²) in [6.07, 6.45) is 0. The van der Waals surface area contributed by atoms with Crippen LogP contribution in [0, 0.1) is 0 Å². The zero-order valence-corrected chi connectivity index (χ0v) is 13.6. The molecule has 1 aliphatic heterocycles. The average Bonchev–Trinajstić information content (AvgIpc) is 2.57. The molecule has 2 aromatic rings. The first-order valence-electron chi connectivity index (χ1n) is 7.61. The zero-order valence-electron chi connectivity index (χ0n) is 12.8. The van der Waals surface area contributed by atoms with Crippen molar-refractivity contribution in [3.63, 3.8) is 0 Å². The predicted octanol–water partition coefficient (Wildman–Crippen LogP) is 3.67. The fourth-order valence-electron chi connectivity index (χ4n) is 2.89. The molecule has 0 atom stereocenters. The molecule has 1 heterocycles. The van der Waals surface area contributed by atoms with Gasteiger partial charge in [-0.2, -0.15) is 0 Å². The second-order valence-corrected chi connectivity index (χ2v) is 5.99. The van der Waals surface area contributed by atoms with E-state index in [-0.39, 0.29) is 0 Å². The molecular formula is C18H21ClN2O. The minimum absolute atomic E-state index is 0.790. The van der Waals surface area contributed by atoms with E-state index in [2.05, 4.69) is 34.1 Å². The van der Waals surface area contributed by atoms with E-state index in [1.807, 2.05) is 24.3 Å². The van der Waals surface area contributed by atoms with Crippen LogP contribution in [0.25, 0.3) is 0 Å². The number of methoxy groups -OCH3 is 1. The Morgan fingerprint density at radius 2 is 1.64 bits per heavy atom. The molecule has 0 unspecified atom stereocenters. The minimum atomic E-state index is 0.790. The van der Waals surface area contributed by atoms with E-state index in [4.69, 9.17) is 16.3 Å². The summed E-state index contributed by atoms with van der Waals surface area (Å²) in [5.41, 5.74) is 2.51. The Bertz CT molecular complexity index is 607. The van der Waals surface area contributed by atoms with Crippen molar-refractivity contribution in [3.05, 3.63) is 59.1 Å². The van der Waals surface area contributed by atoms with E-state index in [1.54, 1.807) is 7.11 Å². The molecule has 1 fully saturated rings. The van der Waals surface area contributed by atoms with Crippen LogP contribution in [0.4, 0.5) is 5.69 Å². The molecular weight excluding hydrogens is 296 g/mol. The lowest BCUT2D eigenvalue weighted by atomic mass is 10.1. The van der Waals surface area contributed by atoms with Gasteiger partial charge in [0.1, 0.15) is 5.75 Å². The van der Waals surface area contributed by atoms with Gasteiger partial charge in [0.25, 0.3) is 0 Å². The van der Waals surface area contributed by atoms with Gasteiger partial charge in [-0.1, -0.05) is 29.8 Å². The third-order valence-corrected chi connectivity index (χ3v) is 4.40. The normalized spacial score (nSPS) is 15.8. The van der Waals surface area contributed by atoms with Crippen molar-refractivity contribution in [2.45, 2.75) is 6.54 Å². The molecule has 0 aliphatic carbocycles. The van der Waals surface area contributed by atoms with Crippen LogP contribution in [0.15, 0.2) is 48.5 Å². The monoisotopic (exact) mass is 316 g/mol. The van der Waals surface area contributed by atoms with E-state index >= 15 is 0 Å². The van der Waals surface area contributed by atoms with Crippen LogP contribution in [-0.4, -0.2) is 38.2 Å². The number of ether oxygens (including phenoxy) is 1. The van der Waals surface area contributed by atoms with Crippen molar-refractivity contribution in [3.8, 4) is 5.75 Å². The molecule has 1 saturated heterocycles. The Hall–Kier alpha value is -1.71. The van der Waals surface area contributed by atoms with Gasteiger partial charge in [0.2, 0.25) is 0 Å². The fourth-order valence-corrected chi connectivity index (χ4v) is 3.02. The highest BCUT2D eigenvalue weighted by Crippen LogP contribution is 2.22. The van der Waals surface area contributed by atoms with Gasteiger partial charge in [0, 0.05) is 49.0 Å². The third-order valence-electron chi connectivity index (χ3n) is 4.15. The summed E-state index contributed by atoms with van der Waals surface area (Å²) in [4.78, 5) is 4.89. The maximum Gasteiger partial charge on any atom is 0.123 e. The van der Waals surface area contributed by atoms with Crippen LogP contribution in [0.5, 0.6) is 5.75 Å². The van der Waals surface area contributed by atoms with Crippen molar-refractivity contribution in [1.29, 1.82) is 0 Å². The van der Waals surface area contributed by atoms with Gasteiger partial charge in [0.05, 0.1) is 7.11 Å². The third kappa shape index (κ3) is 3.54. The van der Waals surface area contributed by atoms with Crippen molar-refractivity contribution < 1.29 is 4.74 Å². The molecule has 0 N–H and O–H groups in total. The first-order chi connectivity index (χ1) is 10.8. The molecule has 0 saturated carbocycles. The Labute approximate surface area is 137 Å². The summed E-state index contributed by atoms with van der Waals surface area (Å²) in [6, 6.07) is 16.4. The highest BCUT2D eigenvalue weighted by Gasteiger charge is 2.18. The molecule has 1 aliphatic rings. The molecule has 3 rings (SSSR count). The first kappa shape index (κ1) is 15.2. The van der Waals surface area contributed by atoms with Gasteiger partial charge < -0.3 is 9.64 Å². The molecule has 4 heteroatoms. The van der Waals surface area contributed by atoms with Gasteiger partial charge in [-0.25, -0.2) is 0 Å². The highest BCUT2D eigenvalue weighted by molar-refractivity contribution is 6.30. The second kappa shape index (κ2) is 7.03. The lowest BCUT2D eigenvalue weighted by molar-refractivity contribution is 0.246. The van der Waals surface area contributed by atoms with Crippen LogP contribution in [0.1, 0.15) is 5.56 Å². The Morgan fingerprint density at radius 3 is 2.32 bits per heavy atom. The number of para-hydroxylation sites is 1. The topological polar surface area (TPSA) is 15.7 Å². The van der Waals surface area contributed by atoms with Gasteiger partial charge in [-0.15, -0.1) is 0 Å². The average molecular weight is 317 g/mol. The van der Waals surface area contributed by atoms with Crippen molar-refractivity contribution in [2.24, 2.45) is 0 Å². The Balaban J connectivity index is 1.59. The highest BCUT2D eigenvalue weighted by atomic mass is 35.5. The number of halogens is 1. The van der Waals surface area contributed by atoms with E-state index in [0.29, 0.717) is 0 Å². The van der Waals surface area contributed by atoms with Crippen molar-refractivity contribution in [1.82, 2.24) is 4.90 Å². The molecule has 0 radical (unpaired) electrons. The quantitative estimate of drug-likeness (QED) is 0.856. The van der Waals surface area contributed by atoms with E-state index in [1.165, 1.54) is 11.3 Å². The van der Waals surface area contributed by atoms with Crippen LogP contribution >= 0.6 is 11.6 Å². The molecule has 116 valence electrons. The number of hydrogen-bond donors (Lipinski definition) is 0. The summed E-state index contributed by atoms with van der Waals surface area (Å²) in [6.45, 7) is 5.13. The number of benzene rings is 2. The van der Waals surface area contributed by atoms with Gasteiger partial charge in [0.15, 0.2) is 0 Å². The second-order valence-electron chi connectivity index (χ2n) is 5.55. The molecule has 0 bridgehead atoms. The van der Waals surface area contributed by atoms with Crippen LogP contribution in [0.3, 0.4) is 0 Å². The number of nitrogens with zero attached hydrogens (tertiary/aromatic N) is 2.